The van der Waals surface area contributed by atoms with Crippen LogP contribution in [-0.2, 0) is 0 Å². The molecule has 0 spiro atoms. The monoisotopic (exact) mass is 413 g/mol. The van der Waals surface area contributed by atoms with Crippen LogP contribution in [0.2, 0.25) is 0 Å². The molecule has 4 nitrogen and oxygen atoms in total. The number of amides is 1. The van der Waals surface area contributed by atoms with Crippen LogP contribution in [0.1, 0.15) is 27.7 Å². The Morgan fingerprint density at radius 3 is 1.81 bits per heavy atom. The highest BCUT2D eigenvalue weighted by molar-refractivity contribution is 6.09. The van der Waals surface area contributed by atoms with E-state index in [2.05, 4.69) is 0 Å². The lowest BCUT2D eigenvalue weighted by molar-refractivity contribution is 0.123. The number of benzene rings is 4. The van der Waals surface area contributed by atoms with Crippen molar-refractivity contribution >= 4 is 27.6 Å². The van der Waals surface area contributed by atoms with E-state index in [1.165, 1.54) is 0 Å². The van der Waals surface area contributed by atoms with Gasteiger partial charge < -0.3 is 14.7 Å². The number of aromatic hydroxyl groups is 1. The van der Waals surface area contributed by atoms with Crippen molar-refractivity contribution in [1.29, 1.82) is 0 Å². The molecular weight excluding hydrogens is 386 g/mol. The molecule has 0 atom stereocenters. The second-order valence-corrected chi connectivity index (χ2v) is 8.30. The zero-order valence-electron chi connectivity index (χ0n) is 18.3. The fourth-order valence-corrected chi connectivity index (χ4v) is 4.33. The Kier molecular flexibility index (Phi) is 5.55. The normalized spacial score (nSPS) is 11.4. The Labute approximate surface area is 182 Å². The average Bonchev–Trinajstić information content (AvgIpc) is 2.73. The molecule has 1 amide bonds. The third-order valence-corrected chi connectivity index (χ3v) is 5.56. The molecule has 0 fully saturated rings. The van der Waals surface area contributed by atoms with Gasteiger partial charge in [0.15, 0.2) is 0 Å². The van der Waals surface area contributed by atoms with Gasteiger partial charge in [-0.2, -0.15) is 0 Å². The summed E-state index contributed by atoms with van der Waals surface area (Å²) in [7, 11) is 0. The van der Waals surface area contributed by atoms with Crippen molar-refractivity contribution in [2.75, 3.05) is 0 Å². The van der Waals surface area contributed by atoms with E-state index in [0.717, 1.165) is 32.7 Å². The van der Waals surface area contributed by atoms with Crippen molar-refractivity contribution in [3.63, 3.8) is 0 Å². The van der Waals surface area contributed by atoms with Gasteiger partial charge in [-0.25, -0.2) is 4.79 Å². The number of nitrogens with zero attached hydrogens (tertiary/aromatic N) is 1. The third-order valence-electron chi connectivity index (χ3n) is 5.56. The first-order valence-electron chi connectivity index (χ1n) is 10.6. The first-order chi connectivity index (χ1) is 14.9. The maximum absolute atomic E-state index is 13.0. The van der Waals surface area contributed by atoms with Gasteiger partial charge in [0, 0.05) is 22.9 Å². The van der Waals surface area contributed by atoms with Crippen LogP contribution >= 0.6 is 0 Å². The maximum Gasteiger partial charge on any atom is 0.415 e. The topological polar surface area (TPSA) is 49.8 Å². The van der Waals surface area contributed by atoms with Crippen LogP contribution in [0.4, 0.5) is 4.79 Å². The number of phenols is 1. The molecule has 4 aromatic rings. The summed E-state index contributed by atoms with van der Waals surface area (Å²) in [5, 5.41) is 14.2. The van der Waals surface area contributed by atoms with E-state index in [0.29, 0.717) is 5.75 Å². The summed E-state index contributed by atoms with van der Waals surface area (Å²) < 4.78 is 5.94. The van der Waals surface area contributed by atoms with E-state index < -0.39 is 0 Å². The Hall–Kier alpha value is -3.53. The highest BCUT2D eigenvalue weighted by atomic mass is 16.6. The first-order valence-corrected chi connectivity index (χ1v) is 10.6. The Morgan fingerprint density at radius 2 is 1.23 bits per heavy atom. The number of carbonyl (C=O) groups excluding carboxylic acids is 1. The molecule has 1 N–H and O–H groups in total. The smallest absolute Gasteiger partial charge is 0.415 e. The number of ether oxygens (including phenoxy) is 1. The lowest BCUT2D eigenvalue weighted by atomic mass is 9.93. The van der Waals surface area contributed by atoms with E-state index in [-0.39, 0.29) is 23.9 Å². The fraction of sp³-hybridized carbons (Fsp3) is 0.222. The van der Waals surface area contributed by atoms with E-state index in [9.17, 15) is 9.90 Å². The summed E-state index contributed by atoms with van der Waals surface area (Å²) >= 11 is 0. The van der Waals surface area contributed by atoms with Gasteiger partial charge in [0.25, 0.3) is 0 Å². The quantitative estimate of drug-likeness (QED) is 0.392. The molecule has 0 saturated carbocycles. The maximum atomic E-state index is 13.0. The molecule has 0 aliphatic rings. The highest BCUT2D eigenvalue weighted by Crippen LogP contribution is 2.41. The fourth-order valence-electron chi connectivity index (χ4n) is 4.33. The third kappa shape index (κ3) is 3.81. The number of phenolic OH excluding ortho intramolecular Hbond substituents is 1. The minimum Gasteiger partial charge on any atom is -0.507 e. The van der Waals surface area contributed by atoms with Gasteiger partial charge in [-0.15, -0.1) is 0 Å². The van der Waals surface area contributed by atoms with Gasteiger partial charge in [0.05, 0.1) is 0 Å². The molecule has 31 heavy (non-hydrogen) atoms. The van der Waals surface area contributed by atoms with Crippen LogP contribution in [0.25, 0.3) is 32.7 Å². The Morgan fingerprint density at radius 1 is 0.742 bits per heavy atom. The number of rotatable bonds is 4. The molecule has 0 radical (unpaired) electrons. The summed E-state index contributed by atoms with van der Waals surface area (Å²) in [5.74, 6) is 0.738. The second-order valence-electron chi connectivity index (χ2n) is 8.30. The van der Waals surface area contributed by atoms with Crippen LogP contribution < -0.4 is 4.74 Å². The van der Waals surface area contributed by atoms with Gasteiger partial charge in [0.2, 0.25) is 0 Å². The van der Waals surface area contributed by atoms with Gasteiger partial charge >= 0.3 is 6.09 Å². The van der Waals surface area contributed by atoms with Crippen LogP contribution in [-0.4, -0.2) is 28.2 Å². The van der Waals surface area contributed by atoms with E-state index in [1.807, 2.05) is 94.4 Å². The van der Waals surface area contributed by atoms with Crippen molar-refractivity contribution < 1.29 is 14.6 Å². The lowest BCUT2D eigenvalue weighted by Gasteiger charge is -2.29. The van der Waals surface area contributed by atoms with Crippen molar-refractivity contribution in [1.82, 2.24) is 4.90 Å². The molecule has 0 bridgehead atoms. The minimum absolute atomic E-state index is 0.0250. The van der Waals surface area contributed by atoms with Crippen molar-refractivity contribution in [3.05, 3.63) is 72.8 Å². The summed E-state index contributed by atoms with van der Waals surface area (Å²) in [5.41, 5.74) is 1.81. The van der Waals surface area contributed by atoms with Crippen LogP contribution in [0.15, 0.2) is 72.8 Å². The minimum atomic E-state index is -0.368. The van der Waals surface area contributed by atoms with E-state index in [1.54, 1.807) is 11.0 Å². The van der Waals surface area contributed by atoms with Gasteiger partial charge in [-0.3, -0.25) is 0 Å². The molecule has 0 unspecified atom stereocenters. The number of hydrogen-bond acceptors (Lipinski definition) is 3. The average molecular weight is 414 g/mol. The summed E-state index contributed by atoms with van der Waals surface area (Å²) in [6.45, 7) is 7.92. The number of carbonyl (C=O) groups is 1. The van der Waals surface area contributed by atoms with Crippen LogP contribution in [0.5, 0.6) is 11.5 Å². The standard InChI is InChI=1S/C27H27NO3/c1-17(2)28(18(3)4)27(30)31-24-16-8-12-20-10-6-14-22(26(20)24)21-13-5-9-19-11-7-15-23(29)25(19)21/h5-18,29H,1-4H3. The van der Waals surface area contributed by atoms with Gasteiger partial charge in [-0.1, -0.05) is 60.7 Å². The predicted molar refractivity (Wildman–Crippen MR) is 127 cm³/mol. The predicted octanol–water partition coefficient (Wildman–Crippen LogP) is 6.98. The molecule has 4 aromatic carbocycles. The van der Waals surface area contributed by atoms with Crippen molar-refractivity contribution in [2.45, 2.75) is 39.8 Å². The SMILES string of the molecule is CC(C)N(C(=O)Oc1cccc2cccc(-c3cccc4cccc(O)c34)c12)C(C)C. The zero-order chi connectivity index (χ0) is 22.1. The molecule has 0 aromatic heterocycles. The first kappa shape index (κ1) is 20.7. The Balaban J connectivity index is 1.92. The number of fused-ring (bicyclic) bond motifs is 2. The van der Waals surface area contributed by atoms with Crippen molar-refractivity contribution in [2.24, 2.45) is 0 Å². The molecule has 0 aliphatic heterocycles. The molecule has 0 aliphatic carbocycles. The van der Waals surface area contributed by atoms with E-state index in [4.69, 9.17) is 4.74 Å². The summed E-state index contributed by atoms with van der Waals surface area (Å²) in [6, 6.07) is 23.2. The van der Waals surface area contributed by atoms with E-state index >= 15 is 0 Å². The largest absolute Gasteiger partial charge is 0.507 e. The molecular formula is C27H27NO3. The molecule has 0 saturated heterocycles. The number of hydrogen-bond donors (Lipinski definition) is 1. The molecule has 4 rings (SSSR count). The van der Waals surface area contributed by atoms with Crippen LogP contribution in [0.3, 0.4) is 0 Å². The summed E-state index contributed by atoms with van der Waals surface area (Å²) in [6.07, 6.45) is -0.368. The van der Waals surface area contributed by atoms with Gasteiger partial charge in [-0.05, 0) is 61.7 Å². The lowest BCUT2D eigenvalue weighted by Crippen LogP contribution is -2.43. The molecule has 4 heteroatoms. The summed E-state index contributed by atoms with van der Waals surface area (Å²) in [4.78, 5) is 14.7. The highest BCUT2D eigenvalue weighted by Gasteiger charge is 2.23. The molecule has 158 valence electrons. The second kappa shape index (κ2) is 8.31. The zero-order valence-corrected chi connectivity index (χ0v) is 18.3. The van der Waals surface area contributed by atoms with Crippen LogP contribution in [0, 0.1) is 0 Å². The van der Waals surface area contributed by atoms with Crippen molar-refractivity contribution in [3.8, 4) is 22.6 Å². The van der Waals surface area contributed by atoms with Gasteiger partial charge in [0.1, 0.15) is 11.5 Å². The Bertz CT molecular complexity index is 1240. The molecule has 0 heterocycles.